The van der Waals surface area contributed by atoms with Crippen molar-refractivity contribution in [3.05, 3.63) is 36.0 Å². The van der Waals surface area contributed by atoms with Crippen LogP contribution in [0.15, 0.2) is 24.7 Å². The second-order valence-electron chi connectivity index (χ2n) is 5.55. The number of hydrogen-bond donors (Lipinski definition) is 1. The molecule has 2 heterocycles. The van der Waals surface area contributed by atoms with Gasteiger partial charge in [0, 0.05) is 24.6 Å². The molecule has 6 heteroatoms. The van der Waals surface area contributed by atoms with Gasteiger partial charge in [-0.05, 0) is 25.8 Å². The lowest BCUT2D eigenvalue weighted by molar-refractivity contribution is -0.115. The molecule has 0 aromatic carbocycles. The number of aromatic nitrogens is 4. The summed E-state index contributed by atoms with van der Waals surface area (Å²) < 4.78 is 1.84. The molecule has 0 bridgehead atoms. The summed E-state index contributed by atoms with van der Waals surface area (Å²) in [5, 5.41) is 7.19. The van der Waals surface area contributed by atoms with Gasteiger partial charge >= 0.3 is 0 Å². The van der Waals surface area contributed by atoms with Crippen molar-refractivity contribution in [3.63, 3.8) is 0 Å². The van der Waals surface area contributed by atoms with Crippen molar-refractivity contribution < 1.29 is 4.79 Å². The number of rotatable bonds is 5. The number of nitrogens with zero attached hydrogens (tertiary/aromatic N) is 4. The Hall–Kier alpha value is -2.24. The first-order valence-electron chi connectivity index (χ1n) is 7.12. The van der Waals surface area contributed by atoms with Gasteiger partial charge in [-0.15, -0.1) is 0 Å². The van der Waals surface area contributed by atoms with E-state index in [9.17, 15) is 4.79 Å². The predicted octanol–water partition coefficient (Wildman–Crippen LogP) is 2.56. The molecule has 0 unspecified atom stereocenters. The van der Waals surface area contributed by atoms with E-state index in [1.165, 1.54) is 0 Å². The van der Waals surface area contributed by atoms with E-state index in [4.69, 9.17) is 0 Å². The third-order valence-corrected chi connectivity index (χ3v) is 3.07. The lowest BCUT2D eigenvalue weighted by Crippen LogP contribution is -2.18. The zero-order chi connectivity index (χ0) is 15.4. The Morgan fingerprint density at radius 2 is 1.95 bits per heavy atom. The molecular weight excluding hydrogens is 266 g/mol. The molecular formula is C15H21N5O. The Balaban J connectivity index is 2.05. The van der Waals surface area contributed by atoms with Crippen LogP contribution in [0.2, 0.25) is 0 Å². The summed E-state index contributed by atoms with van der Waals surface area (Å²) in [6, 6.07) is 2.15. The first-order chi connectivity index (χ1) is 9.97. The number of amides is 1. The number of nitrogens with one attached hydrogen (secondary N) is 1. The highest BCUT2D eigenvalue weighted by molar-refractivity contribution is 5.91. The molecule has 0 saturated heterocycles. The Kier molecular flexibility index (Phi) is 4.67. The SMILES string of the molecule is CC(C)c1nccnc1NC(=O)Cc1ccn(C(C)C)n1. The Morgan fingerprint density at radius 1 is 1.24 bits per heavy atom. The summed E-state index contributed by atoms with van der Waals surface area (Å²) in [5.41, 5.74) is 1.54. The molecule has 2 rings (SSSR count). The minimum Gasteiger partial charge on any atom is -0.309 e. The van der Waals surface area contributed by atoms with Gasteiger partial charge in [0.2, 0.25) is 5.91 Å². The maximum Gasteiger partial charge on any atom is 0.231 e. The second-order valence-corrected chi connectivity index (χ2v) is 5.55. The molecule has 21 heavy (non-hydrogen) atoms. The van der Waals surface area contributed by atoms with Crippen LogP contribution in [0.3, 0.4) is 0 Å². The number of carbonyl (C=O) groups is 1. The fraction of sp³-hybridized carbons (Fsp3) is 0.467. The highest BCUT2D eigenvalue weighted by Crippen LogP contribution is 2.18. The molecule has 2 aromatic heterocycles. The third kappa shape index (κ3) is 3.87. The maximum atomic E-state index is 12.1. The molecule has 0 radical (unpaired) electrons. The van der Waals surface area contributed by atoms with Crippen molar-refractivity contribution in [2.24, 2.45) is 0 Å². The molecule has 1 N–H and O–H groups in total. The third-order valence-electron chi connectivity index (χ3n) is 3.07. The highest BCUT2D eigenvalue weighted by Gasteiger charge is 2.13. The van der Waals surface area contributed by atoms with Crippen molar-refractivity contribution in [1.82, 2.24) is 19.7 Å². The van der Waals surface area contributed by atoms with E-state index < -0.39 is 0 Å². The minimum absolute atomic E-state index is 0.133. The van der Waals surface area contributed by atoms with Crippen LogP contribution in [0.25, 0.3) is 0 Å². The van der Waals surface area contributed by atoms with E-state index >= 15 is 0 Å². The van der Waals surface area contributed by atoms with E-state index in [0.717, 1.165) is 11.4 Å². The molecule has 0 aliphatic rings. The highest BCUT2D eigenvalue weighted by atomic mass is 16.1. The first-order valence-corrected chi connectivity index (χ1v) is 7.12. The zero-order valence-corrected chi connectivity index (χ0v) is 12.9. The zero-order valence-electron chi connectivity index (χ0n) is 12.9. The fourth-order valence-electron chi connectivity index (χ4n) is 1.97. The van der Waals surface area contributed by atoms with Crippen LogP contribution in [-0.2, 0) is 11.2 Å². The van der Waals surface area contributed by atoms with Crippen molar-refractivity contribution >= 4 is 11.7 Å². The van der Waals surface area contributed by atoms with Crippen LogP contribution >= 0.6 is 0 Å². The number of carbonyl (C=O) groups excluding carboxylic acids is 1. The molecule has 0 saturated carbocycles. The van der Waals surface area contributed by atoms with Crippen molar-refractivity contribution in [2.45, 2.75) is 46.1 Å². The average molecular weight is 287 g/mol. The maximum absolute atomic E-state index is 12.1. The fourth-order valence-corrected chi connectivity index (χ4v) is 1.97. The summed E-state index contributed by atoms with van der Waals surface area (Å²) in [4.78, 5) is 20.6. The Morgan fingerprint density at radius 3 is 2.57 bits per heavy atom. The molecule has 0 aliphatic carbocycles. The van der Waals surface area contributed by atoms with Crippen LogP contribution < -0.4 is 5.32 Å². The quantitative estimate of drug-likeness (QED) is 0.917. The lowest BCUT2D eigenvalue weighted by atomic mass is 10.1. The van der Waals surface area contributed by atoms with Crippen LogP contribution in [0, 0.1) is 0 Å². The Bertz CT molecular complexity index is 618. The van der Waals surface area contributed by atoms with Gasteiger partial charge < -0.3 is 5.32 Å². The van der Waals surface area contributed by atoms with E-state index in [0.29, 0.717) is 5.82 Å². The molecule has 0 aliphatic heterocycles. The molecule has 0 atom stereocenters. The van der Waals surface area contributed by atoms with Crippen molar-refractivity contribution in [1.29, 1.82) is 0 Å². The summed E-state index contributed by atoms with van der Waals surface area (Å²) in [7, 11) is 0. The first kappa shape index (κ1) is 15.2. The monoisotopic (exact) mass is 287 g/mol. The van der Waals surface area contributed by atoms with Gasteiger partial charge in [-0.3, -0.25) is 14.5 Å². The van der Waals surface area contributed by atoms with E-state index in [1.54, 1.807) is 12.4 Å². The normalized spacial score (nSPS) is 11.1. The number of hydrogen-bond acceptors (Lipinski definition) is 4. The van der Waals surface area contributed by atoms with Gasteiger partial charge in [0.1, 0.15) is 0 Å². The average Bonchev–Trinajstić information content (AvgIpc) is 2.87. The predicted molar refractivity (Wildman–Crippen MR) is 81.1 cm³/mol. The summed E-state index contributed by atoms with van der Waals surface area (Å²) >= 11 is 0. The van der Waals surface area contributed by atoms with Gasteiger partial charge in [-0.2, -0.15) is 5.10 Å². The molecule has 6 nitrogen and oxygen atoms in total. The van der Waals surface area contributed by atoms with Gasteiger partial charge in [0.05, 0.1) is 17.8 Å². The van der Waals surface area contributed by atoms with Gasteiger partial charge in [0.15, 0.2) is 5.82 Å². The summed E-state index contributed by atoms with van der Waals surface area (Å²) in [6.45, 7) is 8.13. The van der Waals surface area contributed by atoms with Crippen LogP contribution in [0.1, 0.15) is 51.0 Å². The minimum atomic E-state index is -0.133. The topological polar surface area (TPSA) is 72.7 Å². The van der Waals surface area contributed by atoms with E-state index in [1.807, 2.05) is 44.6 Å². The standard InChI is InChI=1S/C15H21N5O/c1-10(2)14-15(17-7-6-16-14)18-13(21)9-12-5-8-20(19-12)11(3)4/h5-8,10-11H,9H2,1-4H3,(H,17,18,21). The Labute approximate surface area is 124 Å². The van der Waals surface area contributed by atoms with E-state index in [2.05, 4.69) is 20.4 Å². The molecule has 112 valence electrons. The second kappa shape index (κ2) is 6.47. The van der Waals surface area contributed by atoms with Crippen LogP contribution in [-0.4, -0.2) is 25.7 Å². The smallest absolute Gasteiger partial charge is 0.231 e. The van der Waals surface area contributed by atoms with Gasteiger partial charge in [-0.25, -0.2) is 4.98 Å². The van der Waals surface area contributed by atoms with Crippen molar-refractivity contribution in [3.8, 4) is 0 Å². The van der Waals surface area contributed by atoms with Gasteiger partial charge in [0.25, 0.3) is 0 Å². The van der Waals surface area contributed by atoms with Crippen LogP contribution in [0.5, 0.6) is 0 Å². The largest absolute Gasteiger partial charge is 0.309 e. The summed E-state index contributed by atoms with van der Waals surface area (Å²) in [5.74, 6) is 0.598. The van der Waals surface area contributed by atoms with Gasteiger partial charge in [-0.1, -0.05) is 13.8 Å². The molecule has 1 amide bonds. The molecule has 0 fully saturated rings. The summed E-state index contributed by atoms with van der Waals surface area (Å²) in [6.07, 6.45) is 5.33. The molecule has 0 spiro atoms. The lowest BCUT2D eigenvalue weighted by Gasteiger charge is -2.10. The number of anilines is 1. The van der Waals surface area contributed by atoms with Crippen molar-refractivity contribution in [2.75, 3.05) is 5.32 Å². The van der Waals surface area contributed by atoms with E-state index in [-0.39, 0.29) is 24.3 Å². The molecule has 2 aromatic rings. The van der Waals surface area contributed by atoms with Crippen LogP contribution in [0.4, 0.5) is 5.82 Å².